The van der Waals surface area contributed by atoms with E-state index < -0.39 is 0 Å². The van der Waals surface area contributed by atoms with Gasteiger partial charge in [0.25, 0.3) is 5.91 Å². The van der Waals surface area contributed by atoms with E-state index in [0.717, 1.165) is 44.0 Å². The first-order valence-corrected chi connectivity index (χ1v) is 10.0. The van der Waals surface area contributed by atoms with Crippen LogP contribution < -0.4 is 10.2 Å². The third kappa shape index (κ3) is 4.03. The van der Waals surface area contributed by atoms with Crippen molar-refractivity contribution in [3.8, 4) is 0 Å². The Morgan fingerprint density at radius 1 is 1.04 bits per heavy atom. The molecule has 2 amide bonds. The Bertz CT molecular complexity index is 852. The quantitative estimate of drug-likeness (QED) is 0.881. The van der Waals surface area contributed by atoms with Gasteiger partial charge in [-0.15, -0.1) is 0 Å². The fourth-order valence-corrected chi connectivity index (χ4v) is 3.95. The molecule has 148 valence electrons. The first-order chi connectivity index (χ1) is 13.6. The number of rotatable bonds is 4. The lowest BCUT2D eigenvalue weighted by Gasteiger charge is -2.17. The van der Waals surface area contributed by atoms with E-state index in [-0.39, 0.29) is 11.8 Å². The summed E-state index contributed by atoms with van der Waals surface area (Å²) in [5.41, 5.74) is 3.68. The van der Waals surface area contributed by atoms with Gasteiger partial charge in [0.05, 0.1) is 24.5 Å². The van der Waals surface area contributed by atoms with Crippen LogP contribution in [0, 0.1) is 0 Å². The minimum Gasteiger partial charge on any atom is -0.372 e. The number of fused-ring (bicyclic) bond motifs is 1. The van der Waals surface area contributed by atoms with Crippen molar-refractivity contribution >= 4 is 17.5 Å². The largest absolute Gasteiger partial charge is 0.372 e. The second-order valence-corrected chi connectivity index (χ2v) is 7.57. The molecule has 1 aromatic heterocycles. The van der Waals surface area contributed by atoms with Crippen molar-refractivity contribution in [3.63, 3.8) is 0 Å². The summed E-state index contributed by atoms with van der Waals surface area (Å²) in [7, 11) is 0. The number of hydrogen-bond donors (Lipinski definition) is 1. The summed E-state index contributed by atoms with van der Waals surface area (Å²) in [5.74, 6) is -0.0107. The maximum Gasteiger partial charge on any atom is 0.251 e. The van der Waals surface area contributed by atoms with Gasteiger partial charge in [0.1, 0.15) is 0 Å². The molecule has 0 spiro atoms. The minimum absolute atomic E-state index is 0.0851. The van der Waals surface area contributed by atoms with Crippen molar-refractivity contribution in [1.29, 1.82) is 0 Å². The molecule has 3 heterocycles. The van der Waals surface area contributed by atoms with Gasteiger partial charge in [0.15, 0.2) is 0 Å². The molecule has 7 heteroatoms. The third-order valence-corrected chi connectivity index (χ3v) is 5.54. The molecule has 0 saturated carbocycles. The molecule has 28 heavy (non-hydrogen) atoms. The maximum absolute atomic E-state index is 12.5. The van der Waals surface area contributed by atoms with E-state index in [2.05, 4.69) is 15.3 Å². The first-order valence-electron chi connectivity index (χ1n) is 10.0. The SMILES string of the molecule is CC(=O)N1CCCn2nc(CNC(=O)c3ccc(N4CCCC4)cc3)cc2C1. The molecule has 0 bridgehead atoms. The monoisotopic (exact) mass is 381 g/mol. The second-order valence-electron chi connectivity index (χ2n) is 7.57. The number of anilines is 1. The highest BCUT2D eigenvalue weighted by Gasteiger charge is 2.18. The molecule has 1 saturated heterocycles. The Kier molecular flexibility index (Phi) is 5.32. The van der Waals surface area contributed by atoms with Crippen LogP contribution in [0.5, 0.6) is 0 Å². The van der Waals surface area contributed by atoms with Crippen LogP contribution in [0.15, 0.2) is 30.3 Å². The lowest BCUT2D eigenvalue weighted by Crippen LogP contribution is -2.28. The topological polar surface area (TPSA) is 70.5 Å². The first kappa shape index (κ1) is 18.5. The Morgan fingerprint density at radius 2 is 1.79 bits per heavy atom. The number of hydrogen-bond acceptors (Lipinski definition) is 4. The lowest BCUT2D eigenvalue weighted by molar-refractivity contribution is -0.129. The van der Waals surface area contributed by atoms with E-state index in [1.54, 1.807) is 6.92 Å². The average Bonchev–Trinajstić information content (AvgIpc) is 3.32. The highest BCUT2D eigenvalue weighted by Crippen LogP contribution is 2.20. The summed E-state index contributed by atoms with van der Waals surface area (Å²) in [5, 5.41) is 7.55. The number of benzene rings is 1. The number of aryl methyl sites for hydroxylation is 1. The van der Waals surface area contributed by atoms with Crippen LogP contribution >= 0.6 is 0 Å². The molecule has 1 N–H and O–H groups in total. The standard InChI is InChI=1S/C21H27N5O2/c1-16(27)25-11-4-12-26-20(15-25)13-18(23-26)14-22-21(28)17-5-7-19(8-6-17)24-9-2-3-10-24/h5-8,13H,2-4,9-12,14-15H2,1H3,(H,22,28). The number of amides is 2. The maximum atomic E-state index is 12.5. The molecule has 1 fully saturated rings. The summed E-state index contributed by atoms with van der Waals surface area (Å²) in [6, 6.07) is 9.80. The summed E-state index contributed by atoms with van der Waals surface area (Å²) >= 11 is 0. The normalized spacial score (nSPS) is 16.6. The lowest BCUT2D eigenvalue weighted by atomic mass is 10.2. The number of nitrogens with zero attached hydrogens (tertiary/aromatic N) is 4. The van der Waals surface area contributed by atoms with Gasteiger partial charge in [-0.1, -0.05) is 0 Å². The summed E-state index contributed by atoms with van der Waals surface area (Å²) in [6.07, 6.45) is 3.37. The number of carbonyl (C=O) groups excluding carboxylic acids is 2. The number of carbonyl (C=O) groups is 2. The van der Waals surface area contributed by atoms with E-state index in [4.69, 9.17) is 0 Å². The van der Waals surface area contributed by atoms with Gasteiger partial charge in [0, 0.05) is 44.4 Å². The Morgan fingerprint density at radius 3 is 2.50 bits per heavy atom. The van der Waals surface area contributed by atoms with Gasteiger partial charge >= 0.3 is 0 Å². The van der Waals surface area contributed by atoms with Crippen LogP contribution in [0.1, 0.15) is 47.9 Å². The molecule has 2 aromatic rings. The molecular formula is C21H27N5O2. The van der Waals surface area contributed by atoms with Gasteiger partial charge in [-0.3, -0.25) is 14.3 Å². The van der Waals surface area contributed by atoms with Gasteiger partial charge in [0.2, 0.25) is 5.91 Å². The highest BCUT2D eigenvalue weighted by molar-refractivity contribution is 5.94. The molecule has 1 aromatic carbocycles. The molecule has 0 radical (unpaired) electrons. The van der Waals surface area contributed by atoms with Crippen LogP contribution in [0.2, 0.25) is 0 Å². The van der Waals surface area contributed by atoms with E-state index in [1.807, 2.05) is 39.9 Å². The van der Waals surface area contributed by atoms with Crippen LogP contribution in [-0.4, -0.2) is 46.1 Å². The Balaban J connectivity index is 1.36. The van der Waals surface area contributed by atoms with Crippen molar-refractivity contribution in [2.45, 2.75) is 45.8 Å². The van der Waals surface area contributed by atoms with Crippen molar-refractivity contribution in [2.24, 2.45) is 0 Å². The third-order valence-electron chi connectivity index (χ3n) is 5.54. The second kappa shape index (κ2) is 8.04. The van der Waals surface area contributed by atoms with Crippen LogP contribution in [-0.2, 0) is 24.4 Å². The Hall–Kier alpha value is -2.83. The van der Waals surface area contributed by atoms with Crippen molar-refractivity contribution in [2.75, 3.05) is 24.5 Å². The number of nitrogens with one attached hydrogen (secondary N) is 1. The van der Waals surface area contributed by atoms with E-state index in [0.29, 0.717) is 18.7 Å². The molecule has 0 atom stereocenters. The van der Waals surface area contributed by atoms with Crippen molar-refractivity contribution < 1.29 is 9.59 Å². The van der Waals surface area contributed by atoms with Crippen LogP contribution in [0.4, 0.5) is 5.69 Å². The zero-order valence-corrected chi connectivity index (χ0v) is 16.4. The van der Waals surface area contributed by atoms with E-state index >= 15 is 0 Å². The van der Waals surface area contributed by atoms with Gasteiger partial charge in [-0.25, -0.2) is 0 Å². The summed E-state index contributed by atoms with van der Waals surface area (Å²) in [4.78, 5) is 28.4. The molecule has 0 aliphatic carbocycles. The van der Waals surface area contributed by atoms with Crippen molar-refractivity contribution in [1.82, 2.24) is 20.0 Å². The van der Waals surface area contributed by atoms with Crippen molar-refractivity contribution in [3.05, 3.63) is 47.3 Å². The van der Waals surface area contributed by atoms with E-state index in [9.17, 15) is 9.59 Å². The fraction of sp³-hybridized carbons (Fsp3) is 0.476. The minimum atomic E-state index is -0.0958. The smallest absolute Gasteiger partial charge is 0.251 e. The van der Waals surface area contributed by atoms with Crippen LogP contribution in [0.25, 0.3) is 0 Å². The molecule has 2 aliphatic heterocycles. The van der Waals surface area contributed by atoms with Gasteiger partial charge in [-0.2, -0.15) is 5.10 Å². The molecule has 0 unspecified atom stereocenters. The predicted molar refractivity (Wildman–Crippen MR) is 107 cm³/mol. The molecule has 7 nitrogen and oxygen atoms in total. The average molecular weight is 381 g/mol. The zero-order valence-electron chi connectivity index (χ0n) is 16.4. The molecule has 4 rings (SSSR count). The Labute approximate surface area is 165 Å². The summed E-state index contributed by atoms with van der Waals surface area (Å²) in [6.45, 7) is 6.31. The fourth-order valence-electron chi connectivity index (χ4n) is 3.95. The summed E-state index contributed by atoms with van der Waals surface area (Å²) < 4.78 is 1.95. The molecule has 2 aliphatic rings. The highest BCUT2D eigenvalue weighted by atomic mass is 16.2. The van der Waals surface area contributed by atoms with Gasteiger partial charge < -0.3 is 15.1 Å². The predicted octanol–water partition coefficient (Wildman–Crippen LogP) is 2.17. The zero-order chi connectivity index (χ0) is 19.5. The molecular weight excluding hydrogens is 354 g/mol. The van der Waals surface area contributed by atoms with Crippen LogP contribution in [0.3, 0.4) is 0 Å². The number of aromatic nitrogens is 2. The van der Waals surface area contributed by atoms with E-state index in [1.165, 1.54) is 18.5 Å². The van der Waals surface area contributed by atoms with Gasteiger partial charge in [-0.05, 0) is 49.6 Å².